The van der Waals surface area contributed by atoms with Gasteiger partial charge in [-0.2, -0.15) is 0 Å². The van der Waals surface area contributed by atoms with Crippen LogP contribution in [0.25, 0.3) is 0 Å². The summed E-state index contributed by atoms with van der Waals surface area (Å²) in [5.74, 6) is -0.861. The maximum absolute atomic E-state index is 13.0. The minimum absolute atomic E-state index is 0.0479. The quantitative estimate of drug-likeness (QED) is 0.324. The lowest BCUT2D eigenvalue weighted by atomic mass is 10.3. The number of amides is 4. The smallest absolute Gasteiger partial charge is 0.267 e. The van der Waals surface area contributed by atoms with Crippen LogP contribution >= 0.6 is 48.0 Å². The number of carbonyl (C=O) groups excluding carboxylic acids is 4. The van der Waals surface area contributed by atoms with Gasteiger partial charge in [0.15, 0.2) is 0 Å². The van der Waals surface area contributed by atoms with Gasteiger partial charge in [0.2, 0.25) is 11.8 Å². The Morgan fingerprint density at radius 1 is 0.719 bits per heavy atom. The molecular formula is C20H28N4O4S4. The van der Waals surface area contributed by atoms with E-state index in [-0.39, 0.29) is 59.4 Å². The van der Waals surface area contributed by atoms with Crippen molar-refractivity contribution in [3.8, 4) is 0 Å². The molecule has 2 aliphatic heterocycles. The van der Waals surface area contributed by atoms with Gasteiger partial charge in [-0.3, -0.25) is 29.0 Å². The Morgan fingerprint density at radius 2 is 1.03 bits per heavy atom. The van der Waals surface area contributed by atoms with Crippen LogP contribution in [0.2, 0.25) is 0 Å². The van der Waals surface area contributed by atoms with E-state index in [9.17, 15) is 19.2 Å². The number of hydrogen-bond donors (Lipinski definition) is 0. The molecule has 2 aliphatic rings. The van der Waals surface area contributed by atoms with Gasteiger partial charge in [0.05, 0.1) is 9.81 Å². The first-order valence-electron chi connectivity index (χ1n) is 10.6. The van der Waals surface area contributed by atoms with Gasteiger partial charge in [-0.1, -0.05) is 48.0 Å². The van der Waals surface area contributed by atoms with E-state index in [1.807, 2.05) is 27.7 Å². The average Bonchev–Trinajstić information content (AvgIpc) is 3.20. The van der Waals surface area contributed by atoms with Crippen molar-refractivity contribution >= 4 is 80.2 Å². The third-order valence-corrected chi connectivity index (χ3v) is 8.26. The molecular weight excluding hydrogens is 489 g/mol. The highest BCUT2D eigenvalue weighted by Gasteiger charge is 2.42. The fourth-order valence-corrected chi connectivity index (χ4v) is 6.11. The van der Waals surface area contributed by atoms with Crippen molar-refractivity contribution in [1.29, 1.82) is 0 Å². The average molecular weight is 517 g/mol. The van der Waals surface area contributed by atoms with E-state index >= 15 is 0 Å². The molecule has 0 N–H and O–H groups in total. The molecule has 2 fully saturated rings. The molecule has 0 aromatic carbocycles. The van der Waals surface area contributed by atoms with Gasteiger partial charge >= 0.3 is 0 Å². The molecule has 0 aromatic rings. The molecule has 2 rings (SSSR count). The minimum atomic E-state index is -0.382. The van der Waals surface area contributed by atoms with E-state index in [0.717, 1.165) is 23.5 Å². The first-order valence-corrected chi connectivity index (χ1v) is 13.0. The SMILES string of the molecule is CCN(CC)C(=O)CCN1C(=O)/C(=C2\SC(=S)N(CCC(=O)N(CC)CC)C2=O)SC1=S. The number of rotatable bonds is 10. The van der Waals surface area contributed by atoms with Gasteiger partial charge in [-0.25, -0.2) is 0 Å². The first kappa shape index (κ1) is 26.7. The summed E-state index contributed by atoms with van der Waals surface area (Å²) >= 11 is 12.8. The van der Waals surface area contributed by atoms with Gasteiger partial charge in [0.1, 0.15) is 8.64 Å². The van der Waals surface area contributed by atoms with Gasteiger partial charge in [0, 0.05) is 52.1 Å². The van der Waals surface area contributed by atoms with E-state index in [1.54, 1.807) is 9.80 Å². The molecule has 0 unspecified atom stereocenters. The predicted octanol–water partition coefficient (Wildman–Crippen LogP) is 2.44. The summed E-state index contributed by atoms with van der Waals surface area (Å²) in [5, 5.41) is 0. The van der Waals surface area contributed by atoms with Crippen molar-refractivity contribution in [2.75, 3.05) is 39.3 Å². The van der Waals surface area contributed by atoms with Gasteiger partial charge in [0.25, 0.3) is 11.8 Å². The lowest BCUT2D eigenvalue weighted by molar-refractivity contribution is -0.132. The Kier molecular flexibility index (Phi) is 10.1. The van der Waals surface area contributed by atoms with Crippen LogP contribution in [-0.4, -0.2) is 91.1 Å². The number of thioether (sulfide) groups is 2. The fraction of sp³-hybridized carbons (Fsp3) is 0.600. The summed E-state index contributed by atoms with van der Waals surface area (Å²) in [4.78, 5) is 57.1. The lowest BCUT2D eigenvalue weighted by Crippen LogP contribution is -2.36. The normalized spacial score (nSPS) is 18.8. The van der Waals surface area contributed by atoms with Crippen molar-refractivity contribution in [3.05, 3.63) is 9.81 Å². The van der Waals surface area contributed by atoms with E-state index in [2.05, 4.69) is 0 Å². The summed E-state index contributed by atoms with van der Waals surface area (Å²) in [6.07, 6.45) is 0.325. The Balaban J connectivity index is 2.08. The molecule has 176 valence electrons. The largest absolute Gasteiger partial charge is 0.343 e. The molecule has 2 saturated heterocycles. The molecule has 0 bridgehead atoms. The molecule has 0 radical (unpaired) electrons. The van der Waals surface area contributed by atoms with Crippen LogP contribution in [0.4, 0.5) is 0 Å². The number of nitrogens with zero attached hydrogens (tertiary/aromatic N) is 4. The zero-order chi connectivity index (χ0) is 24.0. The van der Waals surface area contributed by atoms with Crippen molar-refractivity contribution in [1.82, 2.24) is 19.6 Å². The second-order valence-electron chi connectivity index (χ2n) is 6.94. The fourth-order valence-electron chi connectivity index (χ4n) is 3.34. The standard InChI is InChI=1S/C20H28N4O4S4/c1-5-21(6-2)13(25)9-11-23-17(27)15(31-19(23)29)16-18(28)24(20(30)32-16)12-10-14(26)22(7-3)8-4/h5-12H2,1-4H3/b16-15+. The van der Waals surface area contributed by atoms with Gasteiger partial charge < -0.3 is 9.80 Å². The summed E-state index contributed by atoms with van der Waals surface area (Å²) in [6.45, 7) is 10.4. The van der Waals surface area contributed by atoms with Crippen molar-refractivity contribution < 1.29 is 19.2 Å². The predicted molar refractivity (Wildman–Crippen MR) is 136 cm³/mol. The van der Waals surface area contributed by atoms with E-state index < -0.39 is 0 Å². The van der Waals surface area contributed by atoms with Crippen molar-refractivity contribution in [2.45, 2.75) is 40.5 Å². The Labute approximate surface area is 208 Å². The Morgan fingerprint density at radius 3 is 1.31 bits per heavy atom. The maximum atomic E-state index is 13.0. The second kappa shape index (κ2) is 12.1. The zero-order valence-corrected chi connectivity index (χ0v) is 22.0. The van der Waals surface area contributed by atoms with Crippen LogP contribution < -0.4 is 0 Å². The molecule has 12 heteroatoms. The number of carbonyl (C=O) groups is 4. The van der Waals surface area contributed by atoms with Crippen LogP contribution in [0.1, 0.15) is 40.5 Å². The highest BCUT2D eigenvalue weighted by Crippen LogP contribution is 2.42. The summed E-state index contributed by atoms with van der Waals surface area (Å²) in [5.41, 5.74) is 0. The molecule has 0 aromatic heterocycles. The van der Waals surface area contributed by atoms with Crippen LogP contribution in [0.5, 0.6) is 0 Å². The van der Waals surface area contributed by atoms with E-state index in [4.69, 9.17) is 24.4 Å². The highest BCUT2D eigenvalue weighted by molar-refractivity contribution is 8.29. The van der Waals surface area contributed by atoms with Crippen molar-refractivity contribution in [3.63, 3.8) is 0 Å². The lowest BCUT2D eigenvalue weighted by Gasteiger charge is -2.21. The van der Waals surface area contributed by atoms with Gasteiger partial charge in [-0.15, -0.1) is 0 Å². The molecule has 4 amide bonds. The Bertz CT molecular complexity index is 785. The molecule has 0 aliphatic carbocycles. The summed E-state index contributed by atoms with van der Waals surface area (Å²) < 4.78 is 0.638. The summed E-state index contributed by atoms with van der Waals surface area (Å²) in [7, 11) is 0. The monoisotopic (exact) mass is 516 g/mol. The maximum Gasteiger partial charge on any atom is 0.267 e. The molecule has 0 saturated carbocycles. The molecule has 0 spiro atoms. The molecule has 8 nitrogen and oxygen atoms in total. The second-order valence-corrected chi connectivity index (χ2v) is 10.2. The van der Waals surface area contributed by atoms with Crippen LogP contribution in [0, 0.1) is 0 Å². The molecule has 2 heterocycles. The third kappa shape index (κ3) is 5.89. The van der Waals surface area contributed by atoms with Crippen molar-refractivity contribution in [2.24, 2.45) is 0 Å². The van der Waals surface area contributed by atoms with Crippen LogP contribution in [0.3, 0.4) is 0 Å². The third-order valence-electron chi connectivity index (χ3n) is 5.24. The van der Waals surface area contributed by atoms with E-state index in [0.29, 0.717) is 34.8 Å². The first-order chi connectivity index (χ1) is 15.2. The minimum Gasteiger partial charge on any atom is -0.343 e. The Hall–Kier alpha value is -1.50. The van der Waals surface area contributed by atoms with Crippen LogP contribution in [0.15, 0.2) is 9.81 Å². The topological polar surface area (TPSA) is 81.2 Å². The molecule has 0 atom stereocenters. The highest BCUT2D eigenvalue weighted by atomic mass is 32.2. The zero-order valence-electron chi connectivity index (χ0n) is 18.7. The molecule has 32 heavy (non-hydrogen) atoms. The summed E-state index contributed by atoms with van der Waals surface area (Å²) in [6, 6.07) is 0. The van der Waals surface area contributed by atoms with Crippen LogP contribution in [-0.2, 0) is 19.2 Å². The van der Waals surface area contributed by atoms with E-state index in [1.165, 1.54) is 9.80 Å². The van der Waals surface area contributed by atoms with Gasteiger partial charge in [-0.05, 0) is 27.7 Å². The number of hydrogen-bond acceptors (Lipinski definition) is 8. The number of thiocarbonyl (C=S) groups is 2.